The molecule has 2 aliphatic rings. The summed E-state index contributed by atoms with van der Waals surface area (Å²) in [7, 11) is 0. The number of hydrogen-bond donors (Lipinski definition) is 4. The Morgan fingerprint density at radius 2 is 2.14 bits per heavy atom. The number of aliphatic hydroxyl groups is 1. The number of nitrogens with two attached hydrogens (primary N) is 1. The molecule has 1 saturated heterocycles. The molecule has 5 N–H and O–H groups in total. The van der Waals surface area contributed by atoms with E-state index in [1.165, 1.54) is 35.9 Å². The first kappa shape index (κ1) is 23.1. The van der Waals surface area contributed by atoms with Crippen molar-refractivity contribution in [1.29, 1.82) is 0 Å². The van der Waals surface area contributed by atoms with Crippen LogP contribution in [0.1, 0.15) is 38.5 Å². The minimum atomic E-state index is -0.363. The van der Waals surface area contributed by atoms with Crippen LogP contribution >= 0.6 is 23.1 Å². The van der Waals surface area contributed by atoms with Gasteiger partial charge in [-0.2, -0.15) is 0 Å². The highest BCUT2D eigenvalue weighted by molar-refractivity contribution is 8.01. The zero-order valence-electron chi connectivity index (χ0n) is 16.1. The molecular formula is C19H26N4O4S2. The van der Waals surface area contributed by atoms with Gasteiger partial charge in [0.2, 0.25) is 18.2 Å². The number of fused-ring (bicyclic) bond motifs is 1. The summed E-state index contributed by atoms with van der Waals surface area (Å²) >= 11 is 2.78. The van der Waals surface area contributed by atoms with Crippen molar-refractivity contribution in [2.45, 2.75) is 49.0 Å². The molecule has 1 aliphatic carbocycles. The molecule has 2 aromatic rings. The lowest BCUT2D eigenvalue weighted by molar-refractivity contribution is -0.119. The van der Waals surface area contributed by atoms with Crippen LogP contribution < -0.4 is 16.4 Å². The number of carbonyl (C=O) groups is 3. The Bertz CT molecular complexity index is 814. The number of thiazole rings is 1. The summed E-state index contributed by atoms with van der Waals surface area (Å²) in [5.41, 5.74) is 6.64. The molecule has 1 saturated carbocycles. The molecule has 8 nitrogen and oxygen atoms in total. The van der Waals surface area contributed by atoms with Crippen LogP contribution in [0.2, 0.25) is 0 Å². The Morgan fingerprint density at radius 1 is 1.38 bits per heavy atom. The highest BCUT2D eigenvalue weighted by Crippen LogP contribution is 2.30. The van der Waals surface area contributed by atoms with Crippen LogP contribution in [0.4, 0.5) is 5.69 Å². The molecule has 3 amide bonds. The summed E-state index contributed by atoms with van der Waals surface area (Å²) < 4.78 is 1.76. The van der Waals surface area contributed by atoms with E-state index < -0.39 is 0 Å². The number of nitrogens with zero attached hydrogens (tertiary/aromatic N) is 1. The van der Waals surface area contributed by atoms with Crippen LogP contribution in [0.5, 0.6) is 0 Å². The molecule has 10 heteroatoms. The number of amides is 3. The summed E-state index contributed by atoms with van der Waals surface area (Å²) in [6, 6.07) is 5.45. The van der Waals surface area contributed by atoms with Gasteiger partial charge in [-0.1, -0.05) is 24.6 Å². The molecule has 0 atom stereocenters. The van der Waals surface area contributed by atoms with Gasteiger partial charge in [0, 0.05) is 18.7 Å². The van der Waals surface area contributed by atoms with E-state index in [-0.39, 0.29) is 23.7 Å². The number of nitrogens with one attached hydrogen (secondary N) is 2. The fourth-order valence-corrected chi connectivity index (χ4v) is 4.57. The maximum atomic E-state index is 10.7. The fourth-order valence-electron chi connectivity index (χ4n) is 2.73. The molecule has 0 bridgehead atoms. The number of carbonyl (C=O) groups excluding carboxylic acids is 3. The van der Waals surface area contributed by atoms with Crippen LogP contribution in [-0.2, 0) is 14.4 Å². The van der Waals surface area contributed by atoms with E-state index in [1.807, 2.05) is 12.1 Å². The third-order valence-electron chi connectivity index (χ3n) is 4.16. The summed E-state index contributed by atoms with van der Waals surface area (Å²) in [5.74, 6) is 0.0618. The number of benzene rings is 1. The zero-order valence-corrected chi connectivity index (χ0v) is 17.7. The van der Waals surface area contributed by atoms with Crippen molar-refractivity contribution in [2.75, 3.05) is 17.6 Å². The smallest absolute Gasteiger partial charge is 0.227 e. The normalized spacial score (nSPS) is 15.7. The van der Waals surface area contributed by atoms with Crippen LogP contribution in [-0.4, -0.2) is 46.7 Å². The van der Waals surface area contributed by atoms with Crippen molar-refractivity contribution in [2.24, 2.45) is 5.73 Å². The van der Waals surface area contributed by atoms with Crippen molar-refractivity contribution >= 4 is 57.2 Å². The van der Waals surface area contributed by atoms with Crippen LogP contribution in [0.25, 0.3) is 10.2 Å². The molecular weight excluding hydrogens is 412 g/mol. The molecule has 0 radical (unpaired) electrons. The van der Waals surface area contributed by atoms with Crippen molar-refractivity contribution in [3.05, 3.63) is 18.2 Å². The summed E-state index contributed by atoms with van der Waals surface area (Å²) in [6.07, 6.45) is 7.00. The van der Waals surface area contributed by atoms with Gasteiger partial charge in [0.15, 0.2) is 4.34 Å². The van der Waals surface area contributed by atoms with E-state index in [0.29, 0.717) is 6.41 Å². The number of anilines is 1. The standard InChI is InChI=1S/C10H9N3O2S2.C5H10O.C4H7NO/c11-9(15)4-16-10-13-7-2-1-6(12-5-14)3-8(7)17-10;6-5-3-1-2-4-5;6-4-2-1-3-5-4/h1-3,5H,4H2,(H2,11,15)(H,12,14);5-6H,1-4H2;1-3H2,(H,5,6). The maximum absolute atomic E-state index is 10.7. The highest BCUT2D eigenvalue weighted by Gasteiger charge is 2.09. The van der Waals surface area contributed by atoms with Crippen molar-refractivity contribution in [3.63, 3.8) is 0 Å². The van der Waals surface area contributed by atoms with Gasteiger partial charge in [0.1, 0.15) is 0 Å². The number of thioether (sulfide) groups is 1. The van der Waals surface area contributed by atoms with Gasteiger partial charge in [-0.3, -0.25) is 14.4 Å². The Hall–Kier alpha value is -2.17. The first-order valence-electron chi connectivity index (χ1n) is 9.44. The molecule has 158 valence electrons. The second kappa shape index (κ2) is 12.4. The average Bonchev–Trinajstić information content (AvgIpc) is 3.43. The Morgan fingerprint density at radius 3 is 2.62 bits per heavy atom. The number of hydrogen-bond acceptors (Lipinski definition) is 7. The van der Waals surface area contributed by atoms with Gasteiger partial charge in [0.25, 0.3) is 0 Å². The fraction of sp³-hybridized carbons (Fsp3) is 0.474. The molecule has 1 aromatic carbocycles. The highest BCUT2D eigenvalue weighted by atomic mass is 32.2. The van der Waals surface area contributed by atoms with E-state index in [4.69, 9.17) is 10.8 Å². The second-order valence-corrected chi connectivity index (χ2v) is 8.82. The molecule has 4 rings (SSSR count). The van der Waals surface area contributed by atoms with E-state index in [0.717, 1.165) is 52.5 Å². The van der Waals surface area contributed by atoms with E-state index in [2.05, 4.69) is 15.6 Å². The van der Waals surface area contributed by atoms with Crippen molar-refractivity contribution < 1.29 is 19.5 Å². The Balaban J connectivity index is 0.000000202. The van der Waals surface area contributed by atoms with E-state index in [9.17, 15) is 14.4 Å². The predicted molar refractivity (Wildman–Crippen MR) is 116 cm³/mol. The zero-order chi connectivity index (χ0) is 21.1. The van der Waals surface area contributed by atoms with Gasteiger partial charge in [0.05, 0.1) is 22.1 Å². The first-order chi connectivity index (χ1) is 14.0. The Labute approximate surface area is 177 Å². The number of aliphatic hydroxyl groups excluding tert-OH is 1. The monoisotopic (exact) mass is 438 g/mol. The number of aromatic nitrogens is 1. The van der Waals surface area contributed by atoms with Crippen LogP contribution in [0.15, 0.2) is 22.5 Å². The topological polar surface area (TPSA) is 134 Å². The predicted octanol–water partition coefficient (Wildman–Crippen LogP) is 2.26. The molecule has 2 fully saturated rings. The summed E-state index contributed by atoms with van der Waals surface area (Å²) in [4.78, 5) is 35.4. The molecule has 1 aliphatic heterocycles. The summed E-state index contributed by atoms with van der Waals surface area (Å²) in [6.45, 7) is 0.888. The quantitative estimate of drug-likeness (QED) is 0.418. The molecule has 0 spiro atoms. The lowest BCUT2D eigenvalue weighted by Gasteiger charge is -1.95. The van der Waals surface area contributed by atoms with E-state index in [1.54, 1.807) is 6.07 Å². The lowest BCUT2D eigenvalue weighted by Crippen LogP contribution is -2.12. The third-order valence-corrected chi connectivity index (χ3v) is 6.34. The van der Waals surface area contributed by atoms with Gasteiger partial charge >= 0.3 is 0 Å². The number of primary amides is 1. The molecule has 1 aromatic heterocycles. The molecule has 29 heavy (non-hydrogen) atoms. The van der Waals surface area contributed by atoms with Crippen LogP contribution in [0.3, 0.4) is 0 Å². The first-order valence-corrected chi connectivity index (χ1v) is 11.2. The number of rotatable bonds is 5. The van der Waals surface area contributed by atoms with Gasteiger partial charge < -0.3 is 21.5 Å². The minimum Gasteiger partial charge on any atom is -0.393 e. The molecule has 0 unspecified atom stereocenters. The van der Waals surface area contributed by atoms with Crippen molar-refractivity contribution in [1.82, 2.24) is 10.3 Å². The largest absolute Gasteiger partial charge is 0.393 e. The van der Waals surface area contributed by atoms with Crippen molar-refractivity contribution in [3.8, 4) is 0 Å². The van der Waals surface area contributed by atoms with Gasteiger partial charge in [-0.05, 0) is 37.5 Å². The lowest BCUT2D eigenvalue weighted by atomic mass is 10.3. The summed E-state index contributed by atoms with van der Waals surface area (Å²) in [5, 5.41) is 14.0. The Kier molecular flexibility index (Phi) is 9.89. The van der Waals surface area contributed by atoms with Gasteiger partial charge in [-0.15, -0.1) is 11.3 Å². The minimum absolute atomic E-state index is 0.0463. The average molecular weight is 439 g/mol. The van der Waals surface area contributed by atoms with Gasteiger partial charge in [-0.25, -0.2) is 4.98 Å². The maximum Gasteiger partial charge on any atom is 0.227 e. The van der Waals surface area contributed by atoms with E-state index >= 15 is 0 Å². The second-order valence-electron chi connectivity index (χ2n) is 6.57. The van der Waals surface area contributed by atoms with Crippen LogP contribution in [0, 0.1) is 0 Å². The molecule has 2 heterocycles. The third kappa shape index (κ3) is 8.80. The SMILES string of the molecule is NC(=O)CSc1nc2ccc(NC=O)cc2s1.O=C1CCCN1.OC1CCCC1.